The number of fused-ring (bicyclic) bond motifs is 3. The summed E-state index contributed by atoms with van der Waals surface area (Å²) in [6.07, 6.45) is 3.39. The molecule has 0 saturated heterocycles. The quantitative estimate of drug-likeness (QED) is 0.487. The molecule has 0 saturated carbocycles. The predicted molar refractivity (Wildman–Crippen MR) is 110 cm³/mol. The van der Waals surface area contributed by atoms with Gasteiger partial charge in [0.2, 0.25) is 11.6 Å². The third kappa shape index (κ3) is 3.62. The third-order valence-corrected chi connectivity index (χ3v) is 4.63. The van der Waals surface area contributed by atoms with Gasteiger partial charge in [-0.1, -0.05) is 0 Å². The van der Waals surface area contributed by atoms with Gasteiger partial charge < -0.3 is 26.3 Å². The van der Waals surface area contributed by atoms with E-state index in [0.717, 1.165) is 17.6 Å². The van der Waals surface area contributed by atoms with Gasteiger partial charge in [-0.3, -0.25) is 9.36 Å². The maximum absolute atomic E-state index is 12.6. The summed E-state index contributed by atoms with van der Waals surface area (Å²) in [6, 6.07) is 3.75. The highest BCUT2D eigenvalue weighted by Crippen LogP contribution is 2.37. The Bertz CT molecular complexity index is 1160. The van der Waals surface area contributed by atoms with Gasteiger partial charge in [0, 0.05) is 30.9 Å². The Balaban J connectivity index is 1.85. The lowest BCUT2D eigenvalue weighted by atomic mass is 10.2. The molecule has 1 aliphatic rings. The Hall–Kier alpha value is -3.73. The molecule has 4 rings (SSSR count). The van der Waals surface area contributed by atoms with Crippen molar-refractivity contribution in [3.8, 4) is 11.5 Å². The molecule has 11 nitrogen and oxygen atoms in total. The number of hydrogen-bond acceptors (Lipinski definition) is 9. The Morgan fingerprint density at radius 2 is 2.13 bits per heavy atom. The van der Waals surface area contributed by atoms with Gasteiger partial charge in [0.25, 0.3) is 5.91 Å². The molecule has 0 fully saturated rings. The number of nitrogen functional groups attached to an aromatic ring is 1. The van der Waals surface area contributed by atoms with Crippen LogP contribution in [0.15, 0.2) is 29.5 Å². The van der Waals surface area contributed by atoms with Crippen LogP contribution in [0.3, 0.4) is 0 Å². The summed E-state index contributed by atoms with van der Waals surface area (Å²) in [5.41, 5.74) is 12.0. The number of methoxy groups -OCH3 is 1. The first-order chi connectivity index (χ1) is 14.6. The smallest absolute Gasteiger partial charge is 0.283 e. The van der Waals surface area contributed by atoms with Crippen molar-refractivity contribution in [1.82, 2.24) is 19.5 Å². The number of carbonyl (C=O) groups is 1. The van der Waals surface area contributed by atoms with Crippen LogP contribution in [0.2, 0.25) is 0 Å². The molecule has 0 bridgehead atoms. The van der Waals surface area contributed by atoms with E-state index in [9.17, 15) is 4.79 Å². The van der Waals surface area contributed by atoms with E-state index in [1.807, 2.05) is 16.7 Å². The van der Waals surface area contributed by atoms with Crippen LogP contribution in [0.25, 0.3) is 10.9 Å². The molecule has 0 atom stereocenters. The number of rotatable bonds is 6. The molecule has 156 valence electrons. The first kappa shape index (κ1) is 19.6. The van der Waals surface area contributed by atoms with Crippen LogP contribution in [0.5, 0.6) is 11.5 Å². The Morgan fingerprint density at radius 3 is 2.87 bits per heavy atom. The summed E-state index contributed by atoms with van der Waals surface area (Å²) < 4.78 is 13.2. The number of anilines is 2. The highest BCUT2D eigenvalue weighted by Gasteiger charge is 2.20. The molecule has 5 N–H and O–H groups in total. The fraction of sp³-hybridized carbons (Fsp3) is 0.316. The van der Waals surface area contributed by atoms with Crippen molar-refractivity contribution in [2.24, 2.45) is 10.7 Å². The van der Waals surface area contributed by atoms with Crippen LogP contribution in [0.1, 0.15) is 16.8 Å². The number of hydrogen-bond donors (Lipinski definition) is 3. The number of benzene rings is 1. The van der Waals surface area contributed by atoms with Crippen molar-refractivity contribution in [3.05, 3.63) is 35.7 Å². The van der Waals surface area contributed by atoms with E-state index < -0.39 is 5.91 Å². The van der Waals surface area contributed by atoms with E-state index in [4.69, 9.17) is 20.9 Å². The lowest BCUT2D eigenvalue weighted by molar-refractivity contribution is 0.0996. The minimum Gasteiger partial charge on any atom is -0.491 e. The van der Waals surface area contributed by atoms with E-state index in [1.54, 1.807) is 7.11 Å². The Labute approximate surface area is 171 Å². The summed E-state index contributed by atoms with van der Waals surface area (Å²) in [6.45, 7) is 2.31. The van der Waals surface area contributed by atoms with Gasteiger partial charge in [-0.15, -0.1) is 0 Å². The second kappa shape index (κ2) is 8.33. The minimum absolute atomic E-state index is 0.0850. The van der Waals surface area contributed by atoms with Crippen molar-refractivity contribution >= 4 is 28.6 Å². The number of nitrogens with two attached hydrogens (primary N) is 2. The number of aromatic nitrogens is 4. The second-order valence-corrected chi connectivity index (χ2v) is 6.57. The van der Waals surface area contributed by atoms with Gasteiger partial charge in [-0.05, 0) is 25.1 Å². The maximum Gasteiger partial charge on any atom is 0.283 e. The summed E-state index contributed by atoms with van der Waals surface area (Å²) in [5, 5.41) is 4.17. The van der Waals surface area contributed by atoms with E-state index >= 15 is 0 Å². The van der Waals surface area contributed by atoms with Gasteiger partial charge in [0.1, 0.15) is 11.3 Å². The Kier molecular flexibility index (Phi) is 5.44. The molecule has 30 heavy (non-hydrogen) atoms. The van der Waals surface area contributed by atoms with E-state index in [0.29, 0.717) is 43.3 Å². The van der Waals surface area contributed by atoms with Crippen molar-refractivity contribution in [3.63, 3.8) is 0 Å². The standard InChI is InChI=1S/C19H22N8O3/c1-29-15-13(30-8-2-5-20)4-3-12-14(15)25-19(27-7-6-22-16(12)27)26-17(28)11-9-23-18(21)24-10-11/h3-4,9-10,22H,2,5-8,20H2,1H3,(H2,21,23,24). The number of carbonyl (C=O) groups excluding carboxylic acids is 1. The average molecular weight is 410 g/mol. The van der Waals surface area contributed by atoms with Gasteiger partial charge in [0.15, 0.2) is 11.5 Å². The zero-order valence-electron chi connectivity index (χ0n) is 16.5. The topological polar surface area (TPSA) is 156 Å². The molecule has 11 heteroatoms. The van der Waals surface area contributed by atoms with Crippen LogP contribution in [-0.4, -0.2) is 52.2 Å². The van der Waals surface area contributed by atoms with Crippen LogP contribution in [-0.2, 0) is 6.54 Å². The molecule has 3 heterocycles. The van der Waals surface area contributed by atoms with E-state index in [1.165, 1.54) is 12.4 Å². The normalized spacial score (nSPS) is 13.2. The van der Waals surface area contributed by atoms with Gasteiger partial charge in [-0.2, -0.15) is 4.99 Å². The molecule has 1 aromatic carbocycles. The van der Waals surface area contributed by atoms with Crippen LogP contribution in [0, 0.1) is 0 Å². The molecule has 0 spiro atoms. The van der Waals surface area contributed by atoms with Crippen LogP contribution >= 0.6 is 0 Å². The predicted octanol–water partition coefficient (Wildman–Crippen LogP) is 0.311. The number of amides is 1. The summed E-state index contributed by atoms with van der Waals surface area (Å²) >= 11 is 0. The highest BCUT2D eigenvalue weighted by molar-refractivity contribution is 5.96. The largest absolute Gasteiger partial charge is 0.491 e. The zero-order valence-corrected chi connectivity index (χ0v) is 16.5. The summed E-state index contributed by atoms with van der Waals surface area (Å²) in [7, 11) is 1.55. The molecule has 1 aliphatic heterocycles. The molecule has 1 amide bonds. The summed E-state index contributed by atoms with van der Waals surface area (Å²) in [5.74, 6) is 1.41. The molecule has 2 aromatic heterocycles. The SMILES string of the molecule is COc1c(OCCCN)ccc2c3n(c(=NC(=O)c4cnc(N)nc4)nc12)CCN3. The van der Waals surface area contributed by atoms with Crippen molar-refractivity contribution in [2.45, 2.75) is 13.0 Å². The summed E-state index contributed by atoms with van der Waals surface area (Å²) in [4.78, 5) is 29.1. The molecular formula is C19H22N8O3. The number of nitrogens with zero attached hydrogens (tertiary/aromatic N) is 5. The van der Waals surface area contributed by atoms with Gasteiger partial charge >= 0.3 is 0 Å². The first-order valence-corrected chi connectivity index (χ1v) is 9.47. The van der Waals surface area contributed by atoms with Gasteiger partial charge in [0.05, 0.1) is 19.3 Å². The zero-order chi connectivity index (χ0) is 21.1. The molecule has 0 aliphatic carbocycles. The molecule has 3 aromatic rings. The Morgan fingerprint density at radius 1 is 1.33 bits per heavy atom. The lowest BCUT2D eigenvalue weighted by Crippen LogP contribution is -2.25. The monoisotopic (exact) mass is 410 g/mol. The molecule has 0 radical (unpaired) electrons. The van der Waals surface area contributed by atoms with Crippen LogP contribution < -0.4 is 31.9 Å². The average Bonchev–Trinajstić information content (AvgIpc) is 3.24. The third-order valence-electron chi connectivity index (χ3n) is 4.63. The highest BCUT2D eigenvalue weighted by atomic mass is 16.5. The van der Waals surface area contributed by atoms with Crippen LogP contribution in [0.4, 0.5) is 11.8 Å². The van der Waals surface area contributed by atoms with Crippen molar-refractivity contribution < 1.29 is 14.3 Å². The van der Waals surface area contributed by atoms with Gasteiger partial charge in [-0.25, -0.2) is 15.0 Å². The molecular weight excluding hydrogens is 388 g/mol. The lowest BCUT2D eigenvalue weighted by Gasteiger charge is -2.14. The first-order valence-electron chi connectivity index (χ1n) is 9.47. The number of nitrogens with one attached hydrogen (secondary N) is 1. The second-order valence-electron chi connectivity index (χ2n) is 6.57. The minimum atomic E-state index is -0.516. The number of ether oxygens (including phenoxy) is 2. The maximum atomic E-state index is 12.6. The van der Waals surface area contributed by atoms with E-state index in [2.05, 4.69) is 25.3 Å². The fourth-order valence-electron chi connectivity index (χ4n) is 3.21. The molecule has 0 unspecified atom stereocenters. The van der Waals surface area contributed by atoms with Crippen molar-refractivity contribution in [2.75, 3.05) is 37.9 Å². The van der Waals surface area contributed by atoms with Crippen molar-refractivity contribution in [1.29, 1.82) is 0 Å². The fourth-order valence-corrected chi connectivity index (χ4v) is 3.21. The van der Waals surface area contributed by atoms with E-state index in [-0.39, 0.29) is 17.1 Å².